The number of rotatable bonds is 18. The molecule has 0 unspecified atom stereocenters. The number of sulfonamides is 1. The SMILES string of the molecule is CCS(=O)(=O)N[C@H](CCCNC(=N)N)C(=O)NCC(=O)N[C@@H](CCCNC(=N)N)C(=O)Nc1ccc([N+](=O)[O-])cc1.Cl.Cl. The van der Waals surface area contributed by atoms with Crippen molar-refractivity contribution in [3.63, 3.8) is 0 Å². The number of benzene rings is 1. The predicted molar refractivity (Wildman–Crippen MR) is 166 cm³/mol. The Morgan fingerprint density at radius 2 is 1.42 bits per heavy atom. The molecule has 0 aliphatic heterocycles. The van der Waals surface area contributed by atoms with Crippen molar-refractivity contribution in [2.24, 2.45) is 11.5 Å². The Morgan fingerprint density at radius 3 is 1.88 bits per heavy atom. The molecule has 0 aromatic heterocycles. The number of non-ortho nitro benzene ring substituents is 1. The Bertz CT molecular complexity index is 1200. The van der Waals surface area contributed by atoms with E-state index in [2.05, 4.69) is 31.3 Å². The molecule has 1 rings (SSSR count). The van der Waals surface area contributed by atoms with Crippen LogP contribution >= 0.6 is 24.8 Å². The molecule has 21 heteroatoms. The van der Waals surface area contributed by atoms with Crippen molar-refractivity contribution >= 4 is 75.9 Å². The zero-order chi connectivity index (χ0) is 31.0. The molecule has 244 valence electrons. The number of nitro groups is 1. The van der Waals surface area contributed by atoms with Gasteiger partial charge in [0, 0.05) is 30.9 Å². The minimum absolute atomic E-state index is 0. The van der Waals surface area contributed by atoms with E-state index in [0.717, 1.165) is 0 Å². The van der Waals surface area contributed by atoms with Crippen LogP contribution in [0.2, 0.25) is 0 Å². The third-order valence-corrected chi connectivity index (χ3v) is 6.81. The third-order valence-electron chi connectivity index (χ3n) is 5.41. The number of nitrogens with two attached hydrogens (primary N) is 2. The summed E-state index contributed by atoms with van der Waals surface area (Å²) in [5.74, 6) is -2.95. The second-order valence-corrected chi connectivity index (χ2v) is 10.7. The summed E-state index contributed by atoms with van der Waals surface area (Å²) >= 11 is 0. The van der Waals surface area contributed by atoms with Crippen LogP contribution in [0.15, 0.2) is 24.3 Å². The van der Waals surface area contributed by atoms with E-state index < -0.39 is 51.3 Å². The maximum Gasteiger partial charge on any atom is 0.269 e. The van der Waals surface area contributed by atoms with Crippen molar-refractivity contribution in [3.8, 4) is 0 Å². The normalized spacial score (nSPS) is 11.7. The molecule has 0 bridgehead atoms. The minimum atomic E-state index is -3.76. The molecular weight excluding hydrogens is 633 g/mol. The number of hydrogen-bond acceptors (Lipinski definition) is 9. The Hall–Kier alpha value is -3.94. The summed E-state index contributed by atoms with van der Waals surface area (Å²) < 4.78 is 26.3. The highest BCUT2D eigenvalue weighted by Gasteiger charge is 2.25. The highest BCUT2D eigenvalue weighted by Crippen LogP contribution is 2.16. The van der Waals surface area contributed by atoms with Gasteiger partial charge >= 0.3 is 0 Å². The fraction of sp³-hybridized carbons (Fsp3) is 0.500. The second-order valence-electron chi connectivity index (χ2n) is 8.67. The summed E-state index contributed by atoms with van der Waals surface area (Å²) in [7, 11) is -3.76. The Labute approximate surface area is 261 Å². The van der Waals surface area contributed by atoms with E-state index in [1.54, 1.807) is 0 Å². The molecule has 0 saturated carbocycles. The Balaban J connectivity index is 0. The van der Waals surface area contributed by atoms with Crippen LogP contribution in [0.5, 0.6) is 0 Å². The molecule has 0 saturated heterocycles. The molecule has 0 spiro atoms. The smallest absolute Gasteiger partial charge is 0.269 e. The summed E-state index contributed by atoms with van der Waals surface area (Å²) in [5.41, 5.74) is 10.5. The third kappa shape index (κ3) is 17.6. The van der Waals surface area contributed by atoms with E-state index in [-0.39, 0.29) is 86.2 Å². The number of anilines is 1. The van der Waals surface area contributed by atoms with Gasteiger partial charge in [-0.15, -0.1) is 24.8 Å². The highest BCUT2D eigenvalue weighted by molar-refractivity contribution is 7.89. The number of guanidine groups is 2. The van der Waals surface area contributed by atoms with Gasteiger partial charge in [0.1, 0.15) is 12.1 Å². The largest absolute Gasteiger partial charge is 0.370 e. The van der Waals surface area contributed by atoms with Crippen molar-refractivity contribution in [1.82, 2.24) is 26.0 Å². The number of nitrogens with zero attached hydrogens (tertiary/aromatic N) is 1. The summed E-state index contributed by atoms with van der Waals surface area (Å²) in [5, 5.41) is 37.8. The highest BCUT2D eigenvalue weighted by atomic mass is 35.5. The maximum absolute atomic E-state index is 12.9. The van der Waals surface area contributed by atoms with Crippen molar-refractivity contribution in [1.29, 1.82) is 10.8 Å². The van der Waals surface area contributed by atoms with E-state index in [1.165, 1.54) is 31.2 Å². The second kappa shape index (κ2) is 20.9. The van der Waals surface area contributed by atoms with Gasteiger partial charge in [-0.2, -0.15) is 0 Å². The lowest BCUT2D eigenvalue weighted by molar-refractivity contribution is -0.384. The summed E-state index contributed by atoms with van der Waals surface area (Å²) in [6.45, 7) is 1.29. The van der Waals surface area contributed by atoms with Crippen molar-refractivity contribution < 1.29 is 27.7 Å². The first kappa shape index (κ1) is 41.2. The fourth-order valence-corrected chi connectivity index (χ4v) is 4.13. The van der Waals surface area contributed by atoms with Crippen LogP contribution in [-0.2, 0) is 24.4 Å². The molecule has 12 N–H and O–H groups in total. The first-order valence-corrected chi connectivity index (χ1v) is 14.2. The predicted octanol–water partition coefficient (Wildman–Crippen LogP) is -1.19. The summed E-state index contributed by atoms with van der Waals surface area (Å²) in [4.78, 5) is 48.5. The number of carbonyl (C=O) groups is 3. The standard InChI is InChI=1S/C22H37N11O7S.2ClH/c1-2-41(39,40)32-17(6-4-12-28-22(25)26)19(35)29-13-18(34)31-16(5-3-11-27-21(23)24)20(36)30-14-7-9-15(10-8-14)33(37)38;;/h7-10,16-17,32H,2-6,11-13H2,1H3,(H,29,35)(H,30,36)(H,31,34)(H4,23,24,27)(H4,25,26,28);2*1H/t16-,17+;;/m0../s1. The van der Waals surface area contributed by atoms with Crippen LogP contribution in [0.25, 0.3) is 0 Å². The van der Waals surface area contributed by atoms with Crippen molar-refractivity contribution in [3.05, 3.63) is 34.4 Å². The molecular formula is C22H39Cl2N11O7S. The maximum atomic E-state index is 12.9. The quantitative estimate of drug-likeness (QED) is 0.0291. The molecule has 2 atom stereocenters. The number of halogens is 2. The molecule has 18 nitrogen and oxygen atoms in total. The lowest BCUT2D eigenvalue weighted by atomic mass is 10.1. The average molecular weight is 673 g/mol. The van der Waals surface area contributed by atoms with Gasteiger partial charge in [-0.25, -0.2) is 13.1 Å². The van der Waals surface area contributed by atoms with Gasteiger partial charge in [-0.1, -0.05) is 0 Å². The lowest BCUT2D eigenvalue weighted by Gasteiger charge is -2.20. The molecule has 0 fully saturated rings. The van der Waals surface area contributed by atoms with Gasteiger partial charge in [0.15, 0.2) is 11.9 Å². The zero-order valence-corrected chi connectivity index (χ0v) is 25.8. The van der Waals surface area contributed by atoms with E-state index in [0.29, 0.717) is 6.42 Å². The van der Waals surface area contributed by atoms with E-state index in [1.807, 2.05) is 0 Å². The molecule has 0 heterocycles. The van der Waals surface area contributed by atoms with Crippen LogP contribution in [0.3, 0.4) is 0 Å². The van der Waals surface area contributed by atoms with Crippen LogP contribution in [0.1, 0.15) is 32.6 Å². The first-order valence-electron chi connectivity index (χ1n) is 12.5. The van der Waals surface area contributed by atoms with Crippen LogP contribution in [0, 0.1) is 20.9 Å². The molecule has 43 heavy (non-hydrogen) atoms. The molecule has 0 aliphatic carbocycles. The molecule has 0 radical (unpaired) electrons. The average Bonchev–Trinajstić information content (AvgIpc) is 2.90. The molecule has 1 aromatic carbocycles. The van der Waals surface area contributed by atoms with Crippen LogP contribution in [-0.4, -0.2) is 80.5 Å². The van der Waals surface area contributed by atoms with E-state index >= 15 is 0 Å². The monoisotopic (exact) mass is 671 g/mol. The van der Waals surface area contributed by atoms with Gasteiger partial charge in [-0.05, 0) is 44.7 Å². The Kier molecular flexibility index (Phi) is 20.0. The first-order chi connectivity index (χ1) is 19.2. The van der Waals surface area contributed by atoms with Crippen molar-refractivity contribution in [2.45, 2.75) is 44.7 Å². The number of amides is 3. The Morgan fingerprint density at radius 1 is 0.907 bits per heavy atom. The zero-order valence-electron chi connectivity index (χ0n) is 23.3. The van der Waals surface area contributed by atoms with Crippen molar-refractivity contribution in [2.75, 3.05) is 30.7 Å². The number of carbonyl (C=O) groups excluding carboxylic acids is 3. The van der Waals surface area contributed by atoms with Gasteiger partial charge in [0.2, 0.25) is 27.7 Å². The van der Waals surface area contributed by atoms with Gasteiger partial charge in [0.05, 0.1) is 17.2 Å². The number of hydrogen-bond donors (Lipinski definition) is 10. The minimum Gasteiger partial charge on any atom is -0.370 e. The fourth-order valence-electron chi connectivity index (χ4n) is 3.30. The topological polar surface area (TPSA) is 300 Å². The summed E-state index contributed by atoms with van der Waals surface area (Å²) in [6, 6.07) is 2.78. The summed E-state index contributed by atoms with van der Waals surface area (Å²) in [6.07, 6.45) is 0.770. The number of nitro benzene ring substituents is 1. The van der Waals surface area contributed by atoms with E-state index in [4.69, 9.17) is 22.3 Å². The molecule has 3 amide bonds. The van der Waals surface area contributed by atoms with E-state index in [9.17, 15) is 32.9 Å². The van der Waals surface area contributed by atoms with Crippen LogP contribution < -0.4 is 42.8 Å². The lowest BCUT2D eigenvalue weighted by Crippen LogP contribution is -2.51. The number of nitrogens with one attached hydrogen (secondary N) is 8. The molecule has 1 aromatic rings. The molecule has 0 aliphatic rings. The van der Waals surface area contributed by atoms with Gasteiger partial charge in [0.25, 0.3) is 5.69 Å². The van der Waals surface area contributed by atoms with Crippen LogP contribution in [0.4, 0.5) is 11.4 Å². The van der Waals surface area contributed by atoms with Gasteiger partial charge in [-0.3, -0.25) is 35.3 Å². The van der Waals surface area contributed by atoms with Gasteiger partial charge < -0.3 is 38.1 Å².